The summed E-state index contributed by atoms with van der Waals surface area (Å²) in [5.41, 5.74) is 2.20. The Morgan fingerprint density at radius 2 is 2.05 bits per heavy atom. The third-order valence-corrected chi connectivity index (χ3v) is 4.42. The van der Waals surface area contributed by atoms with Gasteiger partial charge in [-0.15, -0.1) is 0 Å². The number of likely N-dealkylation sites (tertiary alicyclic amines) is 1. The molecule has 0 N–H and O–H groups in total. The molecule has 1 aromatic carbocycles. The van der Waals surface area contributed by atoms with Gasteiger partial charge in [0.15, 0.2) is 11.6 Å². The van der Waals surface area contributed by atoms with E-state index in [2.05, 4.69) is 4.90 Å². The first-order valence-corrected chi connectivity index (χ1v) is 7.53. The Bertz CT molecular complexity index is 547. The highest BCUT2D eigenvalue weighted by atomic mass is 19.1. The van der Waals surface area contributed by atoms with Gasteiger partial charge in [0.2, 0.25) is 5.91 Å². The van der Waals surface area contributed by atoms with Gasteiger partial charge in [0.05, 0.1) is 7.11 Å². The van der Waals surface area contributed by atoms with Crippen LogP contribution in [0.4, 0.5) is 4.39 Å². The average Bonchev–Trinajstić information content (AvgIpc) is 2.89. The molecule has 4 nitrogen and oxygen atoms in total. The zero-order valence-corrected chi connectivity index (χ0v) is 12.4. The molecule has 1 aromatic rings. The van der Waals surface area contributed by atoms with Gasteiger partial charge in [-0.25, -0.2) is 4.39 Å². The Balaban J connectivity index is 1.61. The maximum absolute atomic E-state index is 13.8. The van der Waals surface area contributed by atoms with Gasteiger partial charge in [-0.05, 0) is 36.1 Å². The van der Waals surface area contributed by atoms with Gasteiger partial charge in [-0.3, -0.25) is 9.69 Å². The van der Waals surface area contributed by atoms with Gasteiger partial charge in [-0.1, -0.05) is 0 Å². The second-order valence-corrected chi connectivity index (χ2v) is 5.77. The van der Waals surface area contributed by atoms with Crippen LogP contribution in [0.25, 0.3) is 0 Å². The van der Waals surface area contributed by atoms with Crippen LogP contribution in [0.3, 0.4) is 0 Å². The highest BCUT2D eigenvalue weighted by Gasteiger charge is 2.23. The molecule has 0 bridgehead atoms. The minimum atomic E-state index is -0.298. The maximum Gasteiger partial charge on any atom is 0.222 e. The number of carbonyl (C=O) groups is 1. The Hall–Kier alpha value is -1.62. The Morgan fingerprint density at radius 3 is 2.76 bits per heavy atom. The smallest absolute Gasteiger partial charge is 0.222 e. The average molecular weight is 292 g/mol. The van der Waals surface area contributed by atoms with Crippen molar-refractivity contribution in [2.24, 2.45) is 0 Å². The number of rotatable bonds is 4. The van der Waals surface area contributed by atoms with Gasteiger partial charge in [0.25, 0.3) is 0 Å². The van der Waals surface area contributed by atoms with Crippen molar-refractivity contribution in [1.29, 1.82) is 0 Å². The lowest BCUT2D eigenvalue weighted by atomic mass is 9.99. The van der Waals surface area contributed by atoms with Crippen molar-refractivity contribution in [3.05, 3.63) is 29.1 Å². The van der Waals surface area contributed by atoms with Crippen LogP contribution in [-0.4, -0.2) is 49.0 Å². The third-order valence-electron chi connectivity index (χ3n) is 4.42. The summed E-state index contributed by atoms with van der Waals surface area (Å²) in [6.45, 7) is 4.23. The molecule has 3 rings (SSSR count). The fourth-order valence-electron chi connectivity index (χ4n) is 3.17. The number of nitrogens with zero attached hydrogens (tertiary/aromatic N) is 2. The van der Waals surface area contributed by atoms with Crippen LogP contribution in [0.15, 0.2) is 12.1 Å². The molecule has 0 saturated carbocycles. The summed E-state index contributed by atoms with van der Waals surface area (Å²) in [5.74, 6) is 0.292. The highest BCUT2D eigenvalue weighted by molar-refractivity contribution is 5.78. The molecule has 21 heavy (non-hydrogen) atoms. The fourth-order valence-corrected chi connectivity index (χ4v) is 3.17. The molecule has 0 radical (unpaired) electrons. The van der Waals surface area contributed by atoms with Crippen molar-refractivity contribution in [3.63, 3.8) is 0 Å². The molecule has 2 aliphatic rings. The summed E-state index contributed by atoms with van der Waals surface area (Å²) >= 11 is 0. The number of fused-ring (bicyclic) bond motifs is 1. The molecule has 0 aliphatic carbocycles. The normalized spacial score (nSPS) is 19.0. The molecule has 0 unspecified atom stereocenters. The first-order chi connectivity index (χ1) is 10.2. The Labute approximate surface area is 124 Å². The zero-order chi connectivity index (χ0) is 14.8. The number of halogens is 1. The standard InChI is InChI=1S/C16H21FN2O2/c1-21-15-10-12-4-6-18(11-13(12)9-14(15)17)7-8-19-5-2-3-16(19)20/h9-10H,2-8,11H2,1H3. The van der Waals surface area contributed by atoms with Crippen molar-refractivity contribution in [1.82, 2.24) is 9.80 Å². The Kier molecular flexibility index (Phi) is 4.10. The second kappa shape index (κ2) is 6.02. The predicted octanol–water partition coefficient (Wildman–Crippen LogP) is 1.81. The van der Waals surface area contributed by atoms with E-state index in [9.17, 15) is 9.18 Å². The molecule has 1 saturated heterocycles. The maximum atomic E-state index is 13.8. The Morgan fingerprint density at radius 1 is 1.19 bits per heavy atom. The lowest BCUT2D eigenvalue weighted by Crippen LogP contribution is -2.38. The minimum absolute atomic E-state index is 0.267. The molecule has 0 aromatic heterocycles. The van der Waals surface area contributed by atoms with E-state index in [-0.39, 0.29) is 11.7 Å². The molecule has 2 heterocycles. The molecule has 2 aliphatic heterocycles. The van der Waals surface area contributed by atoms with Crippen LogP contribution >= 0.6 is 0 Å². The molecule has 114 valence electrons. The van der Waals surface area contributed by atoms with Crippen LogP contribution in [0.5, 0.6) is 5.75 Å². The molecule has 0 spiro atoms. The van der Waals surface area contributed by atoms with Crippen molar-refractivity contribution in [3.8, 4) is 5.75 Å². The highest BCUT2D eigenvalue weighted by Crippen LogP contribution is 2.26. The number of ether oxygens (including phenoxy) is 1. The second-order valence-electron chi connectivity index (χ2n) is 5.77. The lowest BCUT2D eigenvalue weighted by Gasteiger charge is -2.30. The SMILES string of the molecule is COc1cc2c(cc1F)CN(CCN1CCCC1=O)CC2. The first-order valence-electron chi connectivity index (χ1n) is 7.53. The summed E-state index contributed by atoms with van der Waals surface area (Å²) in [7, 11) is 1.49. The number of benzene rings is 1. The van der Waals surface area contributed by atoms with E-state index in [0.29, 0.717) is 12.2 Å². The third kappa shape index (κ3) is 3.02. The van der Waals surface area contributed by atoms with Crippen molar-refractivity contribution in [2.45, 2.75) is 25.8 Å². The fraction of sp³-hybridized carbons (Fsp3) is 0.562. The number of carbonyl (C=O) groups excluding carboxylic acids is 1. The molecule has 1 amide bonds. The quantitative estimate of drug-likeness (QED) is 0.848. The van der Waals surface area contributed by atoms with Crippen LogP contribution in [0.2, 0.25) is 0 Å². The largest absolute Gasteiger partial charge is 0.494 e. The topological polar surface area (TPSA) is 32.8 Å². The summed E-state index contributed by atoms with van der Waals surface area (Å²) in [6, 6.07) is 3.40. The summed E-state index contributed by atoms with van der Waals surface area (Å²) < 4.78 is 18.8. The van der Waals surface area contributed by atoms with E-state index in [1.165, 1.54) is 12.7 Å². The van der Waals surface area contributed by atoms with Crippen molar-refractivity contribution in [2.75, 3.05) is 33.3 Å². The number of amides is 1. The minimum Gasteiger partial charge on any atom is -0.494 e. The van der Waals surface area contributed by atoms with Crippen molar-refractivity contribution >= 4 is 5.91 Å². The molecular weight excluding hydrogens is 271 g/mol. The van der Waals surface area contributed by atoms with E-state index in [1.807, 2.05) is 11.0 Å². The van der Waals surface area contributed by atoms with Gasteiger partial charge < -0.3 is 9.64 Å². The van der Waals surface area contributed by atoms with E-state index < -0.39 is 0 Å². The van der Waals surface area contributed by atoms with E-state index in [1.54, 1.807) is 6.07 Å². The van der Waals surface area contributed by atoms with Gasteiger partial charge in [0.1, 0.15) is 0 Å². The van der Waals surface area contributed by atoms with Gasteiger partial charge >= 0.3 is 0 Å². The molecule has 0 atom stereocenters. The molecule has 1 fully saturated rings. The van der Waals surface area contributed by atoms with Gasteiger partial charge in [-0.2, -0.15) is 0 Å². The lowest BCUT2D eigenvalue weighted by molar-refractivity contribution is -0.127. The summed E-state index contributed by atoms with van der Waals surface area (Å²) in [5, 5.41) is 0. The van der Waals surface area contributed by atoms with E-state index in [0.717, 1.165) is 51.1 Å². The van der Waals surface area contributed by atoms with Crippen LogP contribution in [-0.2, 0) is 17.8 Å². The monoisotopic (exact) mass is 292 g/mol. The van der Waals surface area contributed by atoms with E-state index in [4.69, 9.17) is 4.74 Å². The van der Waals surface area contributed by atoms with Crippen molar-refractivity contribution < 1.29 is 13.9 Å². The van der Waals surface area contributed by atoms with Crippen LogP contribution < -0.4 is 4.74 Å². The molecular formula is C16H21FN2O2. The number of methoxy groups -OCH3 is 1. The van der Waals surface area contributed by atoms with Crippen LogP contribution in [0, 0.1) is 5.82 Å². The van der Waals surface area contributed by atoms with Crippen LogP contribution in [0.1, 0.15) is 24.0 Å². The number of hydrogen-bond acceptors (Lipinski definition) is 3. The van der Waals surface area contributed by atoms with E-state index >= 15 is 0 Å². The first kappa shape index (κ1) is 14.3. The number of hydrogen-bond donors (Lipinski definition) is 0. The summed E-state index contributed by atoms with van der Waals surface area (Å²) in [4.78, 5) is 15.8. The summed E-state index contributed by atoms with van der Waals surface area (Å²) in [6.07, 6.45) is 2.57. The zero-order valence-electron chi connectivity index (χ0n) is 12.4. The molecule has 5 heteroatoms. The predicted molar refractivity (Wildman–Crippen MR) is 77.7 cm³/mol. The van der Waals surface area contributed by atoms with Gasteiger partial charge in [0, 0.05) is 39.1 Å².